The van der Waals surface area contributed by atoms with Crippen molar-refractivity contribution < 1.29 is 22.7 Å². The van der Waals surface area contributed by atoms with E-state index < -0.39 is 17.1 Å². The number of benzene rings is 1. The third kappa shape index (κ3) is 5.07. The van der Waals surface area contributed by atoms with Gasteiger partial charge in [0.15, 0.2) is 0 Å². The molecule has 0 atom stereocenters. The van der Waals surface area contributed by atoms with Gasteiger partial charge in [-0.25, -0.2) is 0 Å². The van der Waals surface area contributed by atoms with E-state index in [-0.39, 0.29) is 11.7 Å². The van der Waals surface area contributed by atoms with Gasteiger partial charge < -0.3 is 9.64 Å². The summed E-state index contributed by atoms with van der Waals surface area (Å²) in [5, 5.41) is 7.55. The lowest BCUT2D eigenvalue weighted by Crippen LogP contribution is -2.48. The highest BCUT2D eigenvalue weighted by molar-refractivity contribution is 7.15. The molecule has 27 heavy (non-hydrogen) atoms. The van der Waals surface area contributed by atoms with Crippen molar-refractivity contribution in [1.82, 2.24) is 15.1 Å². The lowest BCUT2D eigenvalue weighted by molar-refractivity contribution is -0.138. The number of methoxy groups -OCH3 is 1. The van der Waals surface area contributed by atoms with Gasteiger partial charge in [0, 0.05) is 31.9 Å². The number of aromatic nitrogens is 2. The van der Waals surface area contributed by atoms with E-state index in [1.807, 2.05) is 29.2 Å². The summed E-state index contributed by atoms with van der Waals surface area (Å²) in [6, 6.07) is 7.75. The van der Waals surface area contributed by atoms with Crippen LogP contribution in [-0.2, 0) is 11.0 Å². The SMILES string of the molecule is COc1ccc(N2CCN(CC(=O)Nc3nnc(C(F)(F)F)s3)CC2)cc1. The van der Waals surface area contributed by atoms with Crippen LogP contribution in [0.2, 0.25) is 0 Å². The third-order valence-corrected chi connectivity index (χ3v) is 4.97. The molecule has 3 rings (SSSR count). The van der Waals surface area contributed by atoms with E-state index in [9.17, 15) is 18.0 Å². The van der Waals surface area contributed by atoms with Crippen LogP contribution >= 0.6 is 11.3 Å². The van der Waals surface area contributed by atoms with Crippen molar-refractivity contribution in [1.29, 1.82) is 0 Å². The van der Waals surface area contributed by atoms with Gasteiger partial charge in [0.25, 0.3) is 0 Å². The Hall–Kier alpha value is -2.40. The molecule has 1 aliphatic rings. The summed E-state index contributed by atoms with van der Waals surface area (Å²) in [5.74, 6) is 0.386. The number of anilines is 2. The van der Waals surface area contributed by atoms with Gasteiger partial charge in [0.1, 0.15) is 5.75 Å². The summed E-state index contributed by atoms with van der Waals surface area (Å²) in [5.41, 5.74) is 1.08. The minimum atomic E-state index is -4.56. The number of nitrogens with zero attached hydrogens (tertiary/aromatic N) is 4. The number of carbonyl (C=O) groups excluding carboxylic acids is 1. The Bertz CT molecular complexity index is 773. The minimum absolute atomic E-state index is 0.0946. The molecule has 146 valence electrons. The van der Waals surface area contributed by atoms with E-state index >= 15 is 0 Å². The Kier molecular flexibility index (Phi) is 5.80. The molecule has 2 heterocycles. The minimum Gasteiger partial charge on any atom is -0.497 e. The molecule has 0 saturated carbocycles. The van der Waals surface area contributed by atoms with E-state index in [4.69, 9.17) is 4.74 Å². The predicted octanol–water partition coefficient (Wildman–Crippen LogP) is 2.33. The second-order valence-corrected chi connectivity index (χ2v) is 6.90. The van der Waals surface area contributed by atoms with Crippen LogP contribution in [0.25, 0.3) is 0 Å². The average molecular weight is 401 g/mol. The molecule has 7 nitrogen and oxygen atoms in total. The summed E-state index contributed by atoms with van der Waals surface area (Å²) in [6.45, 7) is 2.93. The van der Waals surface area contributed by atoms with Gasteiger partial charge >= 0.3 is 6.18 Å². The van der Waals surface area contributed by atoms with E-state index in [0.29, 0.717) is 24.4 Å². The summed E-state index contributed by atoms with van der Waals surface area (Å²) in [6.07, 6.45) is -4.56. The van der Waals surface area contributed by atoms with Crippen LogP contribution in [-0.4, -0.2) is 60.8 Å². The number of hydrogen-bond donors (Lipinski definition) is 1. The van der Waals surface area contributed by atoms with Gasteiger partial charge in [-0.05, 0) is 24.3 Å². The molecule has 0 aliphatic carbocycles. The molecule has 0 bridgehead atoms. The molecule has 0 spiro atoms. The maximum Gasteiger partial charge on any atom is 0.445 e. The molecule has 11 heteroatoms. The average Bonchev–Trinajstić information content (AvgIpc) is 3.11. The fraction of sp³-hybridized carbons (Fsp3) is 0.438. The van der Waals surface area contributed by atoms with Crippen LogP contribution in [0.3, 0.4) is 0 Å². The number of nitrogens with one attached hydrogen (secondary N) is 1. The lowest BCUT2D eigenvalue weighted by Gasteiger charge is -2.35. The molecule has 2 aromatic rings. The second kappa shape index (κ2) is 8.09. The van der Waals surface area contributed by atoms with Crippen molar-refractivity contribution in [3.05, 3.63) is 29.3 Å². The Morgan fingerprint density at radius 3 is 2.41 bits per heavy atom. The van der Waals surface area contributed by atoms with E-state index in [1.54, 1.807) is 7.11 Å². The molecule has 1 amide bonds. The van der Waals surface area contributed by atoms with E-state index in [1.165, 1.54) is 0 Å². The smallest absolute Gasteiger partial charge is 0.445 e. The van der Waals surface area contributed by atoms with Gasteiger partial charge in [-0.3, -0.25) is 15.0 Å². The number of rotatable bonds is 5. The Labute approximate surface area is 157 Å². The molecule has 1 saturated heterocycles. The first kappa shape index (κ1) is 19.4. The Morgan fingerprint density at radius 2 is 1.85 bits per heavy atom. The lowest BCUT2D eigenvalue weighted by atomic mass is 10.2. The quantitative estimate of drug-likeness (QED) is 0.829. The largest absolute Gasteiger partial charge is 0.497 e. The van der Waals surface area contributed by atoms with Crippen LogP contribution in [0.5, 0.6) is 5.75 Å². The maximum atomic E-state index is 12.5. The molecule has 1 fully saturated rings. The Morgan fingerprint density at radius 1 is 1.19 bits per heavy atom. The number of amides is 1. The van der Waals surface area contributed by atoms with E-state index in [2.05, 4.69) is 20.4 Å². The van der Waals surface area contributed by atoms with Gasteiger partial charge in [0.2, 0.25) is 16.0 Å². The summed E-state index contributed by atoms with van der Waals surface area (Å²) in [4.78, 5) is 16.2. The highest BCUT2D eigenvalue weighted by Crippen LogP contribution is 2.33. The van der Waals surface area contributed by atoms with Crippen molar-refractivity contribution in [3.63, 3.8) is 0 Å². The predicted molar refractivity (Wildman–Crippen MR) is 95.2 cm³/mol. The second-order valence-electron chi connectivity index (χ2n) is 5.92. The number of halogens is 3. The number of alkyl halides is 3. The van der Waals surface area contributed by atoms with Crippen molar-refractivity contribution >= 4 is 28.1 Å². The standard InChI is InChI=1S/C16H18F3N5O2S/c1-26-12-4-2-11(3-5-12)24-8-6-23(7-9-24)10-13(25)20-15-22-21-14(27-15)16(17,18)19/h2-5H,6-10H2,1H3,(H,20,22,25). The fourth-order valence-electron chi connectivity index (χ4n) is 2.71. The Balaban J connectivity index is 1.47. The van der Waals surface area contributed by atoms with Crippen LogP contribution in [0.1, 0.15) is 5.01 Å². The number of carbonyl (C=O) groups is 1. The van der Waals surface area contributed by atoms with Gasteiger partial charge in [0.05, 0.1) is 13.7 Å². The summed E-state index contributed by atoms with van der Waals surface area (Å²) >= 11 is 0.315. The first-order chi connectivity index (χ1) is 12.8. The van der Waals surface area contributed by atoms with E-state index in [0.717, 1.165) is 24.5 Å². The van der Waals surface area contributed by atoms with Gasteiger partial charge in [-0.15, -0.1) is 10.2 Å². The van der Waals surface area contributed by atoms with Gasteiger partial charge in [-0.1, -0.05) is 11.3 Å². The molecule has 0 unspecified atom stereocenters. The van der Waals surface area contributed by atoms with Crippen molar-refractivity contribution in [2.75, 3.05) is 50.1 Å². The molecule has 1 N–H and O–H groups in total. The summed E-state index contributed by atoms with van der Waals surface area (Å²) in [7, 11) is 1.62. The molecular weight excluding hydrogens is 383 g/mol. The van der Waals surface area contributed by atoms with Crippen molar-refractivity contribution in [3.8, 4) is 5.75 Å². The summed E-state index contributed by atoms with van der Waals surface area (Å²) < 4.78 is 42.7. The van der Waals surface area contributed by atoms with Crippen LogP contribution in [0.4, 0.5) is 24.0 Å². The number of ether oxygens (including phenoxy) is 1. The molecular formula is C16H18F3N5O2S. The molecule has 1 aromatic heterocycles. The zero-order valence-corrected chi connectivity index (χ0v) is 15.3. The number of piperazine rings is 1. The molecule has 1 aromatic carbocycles. The zero-order valence-electron chi connectivity index (χ0n) is 14.5. The highest BCUT2D eigenvalue weighted by Gasteiger charge is 2.35. The van der Waals surface area contributed by atoms with Crippen molar-refractivity contribution in [2.45, 2.75) is 6.18 Å². The first-order valence-corrected chi connectivity index (χ1v) is 8.99. The van der Waals surface area contributed by atoms with Crippen LogP contribution in [0.15, 0.2) is 24.3 Å². The first-order valence-electron chi connectivity index (χ1n) is 8.17. The monoisotopic (exact) mass is 401 g/mol. The topological polar surface area (TPSA) is 70.6 Å². The molecule has 1 aliphatic heterocycles. The van der Waals surface area contributed by atoms with Gasteiger partial charge in [-0.2, -0.15) is 13.2 Å². The maximum absolute atomic E-state index is 12.5. The number of hydrogen-bond acceptors (Lipinski definition) is 7. The van der Waals surface area contributed by atoms with Crippen LogP contribution < -0.4 is 15.0 Å². The van der Waals surface area contributed by atoms with Crippen LogP contribution in [0, 0.1) is 0 Å². The molecule has 0 radical (unpaired) electrons. The fourth-order valence-corrected chi connectivity index (χ4v) is 3.33. The zero-order chi connectivity index (χ0) is 19.4. The normalized spacial score (nSPS) is 15.6. The third-order valence-electron chi connectivity index (χ3n) is 4.09. The highest BCUT2D eigenvalue weighted by atomic mass is 32.1. The van der Waals surface area contributed by atoms with Crippen molar-refractivity contribution in [2.24, 2.45) is 0 Å².